The van der Waals surface area contributed by atoms with Crippen LogP contribution in [0.4, 0.5) is 0 Å². The third-order valence-corrected chi connectivity index (χ3v) is 4.76. The van der Waals surface area contributed by atoms with E-state index in [4.69, 9.17) is 9.47 Å². The average Bonchev–Trinajstić information content (AvgIpc) is 3.16. The molecule has 1 aromatic rings. The number of nitrogens with one attached hydrogen (secondary N) is 1. The Balaban J connectivity index is 1.53. The molecule has 3 aliphatic rings. The fraction of sp³-hybridized carbons (Fsp3) is 0.529. The minimum Gasteiger partial charge on any atom is -0.345 e. The molecule has 0 radical (unpaired) electrons. The highest BCUT2D eigenvalue weighted by Gasteiger charge is 2.46. The van der Waals surface area contributed by atoms with E-state index in [2.05, 4.69) is 10.2 Å². The van der Waals surface area contributed by atoms with Gasteiger partial charge in [0.1, 0.15) is 0 Å². The van der Waals surface area contributed by atoms with Gasteiger partial charge in [0.25, 0.3) is 11.8 Å². The second-order valence-electron chi connectivity index (χ2n) is 6.38. The molecule has 1 N–H and O–H groups in total. The largest absolute Gasteiger partial charge is 0.345 e. The van der Waals surface area contributed by atoms with Crippen molar-refractivity contribution in [2.24, 2.45) is 0 Å². The lowest BCUT2D eigenvalue weighted by Crippen LogP contribution is -2.56. The van der Waals surface area contributed by atoms with Crippen LogP contribution in [-0.4, -0.2) is 79.9 Å². The molecule has 7 heteroatoms. The van der Waals surface area contributed by atoms with E-state index in [1.807, 2.05) is 0 Å². The summed E-state index contributed by atoms with van der Waals surface area (Å²) >= 11 is 0. The number of ether oxygens (including phenoxy) is 2. The second kappa shape index (κ2) is 6.25. The number of fused-ring (bicyclic) bond motifs is 1. The SMILES string of the molecule is O=C1c2ccccc2C(=O)N1CC1(CN2CCNCC2)OCCO1. The van der Waals surface area contributed by atoms with E-state index in [1.54, 1.807) is 24.3 Å². The van der Waals surface area contributed by atoms with Crippen molar-refractivity contribution in [1.29, 1.82) is 0 Å². The lowest BCUT2D eigenvalue weighted by molar-refractivity contribution is -0.175. The minimum absolute atomic E-state index is 0.128. The highest BCUT2D eigenvalue weighted by Crippen LogP contribution is 2.28. The summed E-state index contributed by atoms with van der Waals surface area (Å²) in [7, 11) is 0. The van der Waals surface area contributed by atoms with Crippen LogP contribution in [0.1, 0.15) is 20.7 Å². The number of benzene rings is 1. The highest BCUT2D eigenvalue weighted by atomic mass is 16.7. The lowest BCUT2D eigenvalue weighted by Gasteiger charge is -2.37. The summed E-state index contributed by atoms with van der Waals surface area (Å²) in [6.07, 6.45) is 0. The molecule has 3 aliphatic heterocycles. The van der Waals surface area contributed by atoms with Crippen molar-refractivity contribution in [3.63, 3.8) is 0 Å². The molecule has 0 spiro atoms. The molecule has 128 valence electrons. The second-order valence-corrected chi connectivity index (χ2v) is 6.38. The summed E-state index contributed by atoms with van der Waals surface area (Å²) < 4.78 is 11.7. The van der Waals surface area contributed by atoms with Crippen molar-refractivity contribution in [3.05, 3.63) is 35.4 Å². The molecule has 2 amide bonds. The molecule has 1 aromatic carbocycles. The zero-order chi connectivity index (χ0) is 16.6. The zero-order valence-corrected chi connectivity index (χ0v) is 13.5. The summed E-state index contributed by atoms with van der Waals surface area (Å²) in [6.45, 7) is 5.29. The molecule has 0 saturated carbocycles. The van der Waals surface area contributed by atoms with Crippen LogP contribution in [0.5, 0.6) is 0 Å². The monoisotopic (exact) mass is 331 g/mol. The molecule has 0 atom stereocenters. The summed E-state index contributed by atoms with van der Waals surface area (Å²) in [5.41, 5.74) is 0.913. The summed E-state index contributed by atoms with van der Waals surface area (Å²) in [5, 5.41) is 3.31. The first-order valence-corrected chi connectivity index (χ1v) is 8.35. The maximum absolute atomic E-state index is 12.6. The van der Waals surface area contributed by atoms with Gasteiger partial charge in [-0.1, -0.05) is 12.1 Å². The van der Waals surface area contributed by atoms with Gasteiger partial charge in [-0.15, -0.1) is 0 Å². The van der Waals surface area contributed by atoms with Gasteiger partial charge >= 0.3 is 0 Å². The van der Waals surface area contributed by atoms with Crippen LogP contribution < -0.4 is 5.32 Å². The van der Waals surface area contributed by atoms with Crippen molar-refractivity contribution in [2.45, 2.75) is 5.79 Å². The third-order valence-electron chi connectivity index (χ3n) is 4.76. The minimum atomic E-state index is -0.926. The summed E-state index contributed by atoms with van der Waals surface area (Å²) in [5.74, 6) is -1.46. The molecule has 3 heterocycles. The van der Waals surface area contributed by atoms with Crippen molar-refractivity contribution in [3.8, 4) is 0 Å². The van der Waals surface area contributed by atoms with E-state index in [0.29, 0.717) is 30.9 Å². The van der Waals surface area contributed by atoms with Gasteiger partial charge < -0.3 is 14.8 Å². The van der Waals surface area contributed by atoms with Crippen molar-refractivity contribution in [1.82, 2.24) is 15.1 Å². The van der Waals surface area contributed by atoms with Crippen molar-refractivity contribution in [2.75, 3.05) is 52.5 Å². The highest BCUT2D eigenvalue weighted by molar-refractivity contribution is 6.21. The van der Waals surface area contributed by atoms with Crippen LogP contribution in [0.3, 0.4) is 0 Å². The van der Waals surface area contributed by atoms with E-state index in [-0.39, 0.29) is 18.4 Å². The molecule has 4 rings (SSSR count). The molecule has 0 aromatic heterocycles. The average molecular weight is 331 g/mol. The lowest BCUT2D eigenvalue weighted by atomic mass is 10.1. The fourth-order valence-corrected chi connectivity index (χ4v) is 3.56. The van der Waals surface area contributed by atoms with E-state index < -0.39 is 5.79 Å². The van der Waals surface area contributed by atoms with Gasteiger partial charge in [-0.2, -0.15) is 0 Å². The quantitative estimate of drug-likeness (QED) is 0.779. The van der Waals surface area contributed by atoms with Gasteiger partial charge in [-0.25, -0.2) is 0 Å². The molecular formula is C17H21N3O4. The van der Waals surface area contributed by atoms with Crippen molar-refractivity contribution >= 4 is 11.8 Å². The summed E-state index contributed by atoms with van der Waals surface area (Å²) in [6, 6.07) is 6.92. The first kappa shape index (κ1) is 15.7. The van der Waals surface area contributed by atoms with Crippen molar-refractivity contribution < 1.29 is 19.1 Å². The molecule has 2 fully saturated rings. The number of carbonyl (C=O) groups excluding carboxylic acids is 2. The fourth-order valence-electron chi connectivity index (χ4n) is 3.56. The predicted molar refractivity (Wildman–Crippen MR) is 85.8 cm³/mol. The predicted octanol–water partition coefficient (Wildman–Crippen LogP) is -0.0691. The van der Waals surface area contributed by atoms with E-state index in [1.165, 1.54) is 4.90 Å². The molecule has 0 aliphatic carbocycles. The van der Waals surface area contributed by atoms with Gasteiger partial charge in [-0.05, 0) is 12.1 Å². The Kier molecular flexibility index (Phi) is 4.09. The number of piperazine rings is 1. The van der Waals surface area contributed by atoms with Crippen LogP contribution in [0.15, 0.2) is 24.3 Å². The van der Waals surface area contributed by atoms with E-state index in [0.717, 1.165) is 26.2 Å². The van der Waals surface area contributed by atoms with E-state index >= 15 is 0 Å². The van der Waals surface area contributed by atoms with Crippen LogP contribution >= 0.6 is 0 Å². The number of carbonyl (C=O) groups is 2. The normalized spacial score (nSPS) is 23.8. The van der Waals surface area contributed by atoms with Crippen LogP contribution in [-0.2, 0) is 9.47 Å². The Bertz CT molecular complexity index is 616. The number of amides is 2. The summed E-state index contributed by atoms with van der Waals surface area (Å²) in [4.78, 5) is 28.7. The number of hydrogen-bond donors (Lipinski definition) is 1. The molecule has 0 bridgehead atoms. The Labute approximate surface area is 140 Å². The Hall–Kier alpha value is -1.80. The van der Waals surface area contributed by atoms with Gasteiger partial charge in [-0.3, -0.25) is 19.4 Å². The first-order chi connectivity index (χ1) is 11.7. The molecule has 24 heavy (non-hydrogen) atoms. The van der Waals surface area contributed by atoms with Crippen LogP contribution in [0.2, 0.25) is 0 Å². The number of hydrogen-bond acceptors (Lipinski definition) is 6. The molecular weight excluding hydrogens is 310 g/mol. The Morgan fingerprint density at radius 1 is 0.958 bits per heavy atom. The number of imide groups is 1. The maximum atomic E-state index is 12.6. The van der Waals surface area contributed by atoms with Gasteiger partial charge in [0.2, 0.25) is 0 Å². The standard InChI is InChI=1S/C17H21N3O4/c21-15-13-3-1-2-4-14(13)16(22)20(15)12-17(23-9-10-24-17)11-19-7-5-18-6-8-19/h1-4,18H,5-12H2. The topological polar surface area (TPSA) is 71.1 Å². The van der Waals surface area contributed by atoms with Crippen LogP contribution in [0, 0.1) is 0 Å². The van der Waals surface area contributed by atoms with Gasteiger partial charge in [0.05, 0.1) is 37.4 Å². The zero-order valence-electron chi connectivity index (χ0n) is 13.5. The maximum Gasteiger partial charge on any atom is 0.261 e. The molecule has 7 nitrogen and oxygen atoms in total. The van der Waals surface area contributed by atoms with Crippen LogP contribution in [0.25, 0.3) is 0 Å². The Morgan fingerprint density at radius 2 is 1.54 bits per heavy atom. The number of nitrogens with zero attached hydrogens (tertiary/aromatic N) is 2. The number of rotatable bonds is 4. The molecule has 2 saturated heterocycles. The first-order valence-electron chi connectivity index (χ1n) is 8.35. The van der Waals surface area contributed by atoms with Gasteiger partial charge in [0.15, 0.2) is 5.79 Å². The van der Waals surface area contributed by atoms with E-state index in [9.17, 15) is 9.59 Å². The molecule has 0 unspecified atom stereocenters. The Morgan fingerprint density at radius 3 is 2.12 bits per heavy atom. The third kappa shape index (κ3) is 2.73. The smallest absolute Gasteiger partial charge is 0.261 e. The van der Waals surface area contributed by atoms with Gasteiger partial charge in [0, 0.05) is 26.2 Å².